The van der Waals surface area contributed by atoms with Gasteiger partial charge in [0.1, 0.15) is 5.82 Å². The van der Waals surface area contributed by atoms with Crippen LogP contribution in [0.15, 0.2) is 36.4 Å². The number of nitrogens with zero attached hydrogens (tertiary/aromatic N) is 2. The van der Waals surface area contributed by atoms with Gasteiger partial charge in [-0.25, -0.2) is 0 Å². The van der Waals surface area contributed by atoms with Gasteiger partial charge in [0.15, 0.2) is 0 Å². The zero-order chi connectivity index (χ0) is 21.9. The minimum absolute atomic E-state index is 0.0892. The summed E-state index contributed by atoms with van der Waals surface area (Å²) < 4.78 is 5.53. The molecule has 0 bridgehead atoms. The number of hydrogen-bond donors (Lipinski definition) is 3. The number of carbonyl (C=O) groups excluding carboxylic acids is 1. The molecule has 2 aliphatic heterocycles. The Bertz CT molecular complexity index is 911. The Morgan fingerprint density at radius 1 is 1.09 bits per heavy atom. The standard InChI is InChI=1S/C25H33N5O2/c1-26-25(31)18-4-2-17(3-5-18)22-6-7-24(30-29-22)28-20-13-19-15-27-23(21(19)14-20)12-16-8-10-32-11-9-16/h2-7,16,19-21,23,27H,8-15H2,1H3,(H,26,31)(H,28,30)/t19-,20+,21+,23+/m1/s1. The number of anilines is 1. The van der Waals surface area contributed by atoms with Crippen LogP contribution in [-0.4, -0.2) is 55.0 Å². The van der Waals surface area contributed by atoms with Crippen LogP contribution in [-0.2, 0) is 4.74 Å². The van der Waals surface area contributed by atoms with Gasteiger partial charge in [-0.05, 0) is 80.7 Å². The molecule has 1 aromatic heterocycles. The minimum atomic E-state index is -0.0892. The number of nitrogens with one attached hydrogen (secondary N) is 3. The lowest BCUT2D eigenvalue weighted by atomic mass is 9.85. The lowest BCUT2D eigenvalue weighted by molar-refractivity contribution is 0.0594. The second kappa shape index (κ2) is 9.55. The van der Waals surface area contributed by atoms with E-state index in [2.05, 4.69) is 26.1 Å². The molecular weight excluding hydrogens is 402 g/mol. The average Bonchev–Trinajstić information content (AvgIpc) is 3.41. The van der Waals surface area contributed by atoms with Gasteiger partial charge in [0.25, 0.3) is 5.91 Å². The predicted octanol–water partition coefficient (Wildman–Crippen LogP) is 3.10. The van der Waals surface area contributed by atoms with Gasteiger partial charge in [-0.3, -0.25) is 4.79 Å². The van der Waals surface area contributed by atoms with Gasteiger partial charge >= 0.3 is 0 Å². The van der Waals surface area contributed by atoms with E-state index in [1.54, 1.807) is 7.05 Å². The zero-order valence-electron chi connectivity index (χ0n) is 18.7. The molecule has 7 nitrogen and oxygen atoms in total. The summed E-state index contributed by atoms with van der Waals surface area (Å²) in [5.74, 6) is 3.10. The van der Waals surface area contributed by atoms with Crippen LogP contribution < -0.4 is 16.0 Å². The van der Waals surface area contributed by atoms with E-state index in [0.717, 1.165) is 54.6 Å². The molecule has 4 atom stereocenters. The van der Waals surface area contributed by atoms with Gasteiger partial charge < -0.3 is 20.7 Å². The third-order valence-corrected chi connectivity index (χ3v) is 7.52. The Labute approximate surface area is 189 Å². The number of hydrogen-bond acceptors (Lipinski definition) is 6. The largest absolute Gasteiger partial charge is 0.381 e. The van der Waals surface area contributed by atoms with E-state index in [0.29, 0.717) is 17.6 Å². The molecule has 3 N–H and O–H groups in total. The number of ether oxygens (including phenoxy) is 1. The summed E-state index contributed by atoms with van der Waals surface area (Å²) in [6.45, 7) is 3.01. The van der Waals surface area contributed by atoms with Crippen molar-refractivity contribution in [3.8, 4) is 11.3 Å². The average molecular weight is 436 g/mol. The Balaban J connectivity index is 1.16. The maximum absolute atomic E-state index is 11.7. The van der Waals surface area contributed by atoms with Crippen molar-refractivity contribution >= 4 is 11.7 Å². The highest BCUT2D eigenvalue weighted by molar-refractivity contribution is 5.94. The molecule has 3 heterocycles. The van der Waals surface area contributed by atoms with E-state index >= 15 is 0 Å². The highest BCUT2D eigenvalue weighted by Gasteiger charge is 2.43. The first kappa shape index (κ1) is 21.3. The highest BCUT2D eigenvalue weighted by atomic mass is 16.5. The molecule has 2 saturated heterocycles. The van der Waals surface area contributed by atoms with E-state index in [1.807, 2.05) is 36.4 Å². The van der Waals surface area contributed by atoms with Crippen LogP contribution >= 0.6 is 0 Å². The van der Waals surface area contributed by atoms with Gasteiger partial charge in [0.2, 0.25) is 0 Å². The summed E-state index contributed by atoms with van der Waals surface area (Å²) in [4.78, 5) is 11.7. The summed E-state index contributed by atoms with van der Waals surface area (Å²) in [6.07, 6.45) is 6.13. The molecule has 1 aliphatic carbocycles. The molecule has 3 fully saturated rings. The number of amides is 1. The van der Waals surface area contributed by atoms with Crippen molar-refractivity contribution in [2.75, 3.05) is 32.1 Å². The van der Waals surface area contributed by atoms with Crippen LogP contribution in [0.4, 0.5) is 5.82 Å². The van der Waals surface area contributed by atoms with E-state index in [-0.39, 0.29) is 5.91 Å². The molecule has 32 heavy (non-hydrogen) atoms. The number of rotatable bonds is 6. The Hall–Kier alpha value is -2.51. The van der Waals surface area contributed by atoms with Crippen molar-refractivity contribution in [1.29, 1.82) is 0 Å². The predicted molar refractivity (Wildman–Crippen MR) is 124 cm³/mol. The number of carbonyl (C=O) groups is 1. The first-order valence-corrected chi connectivity index (χ1v) is 11.9. The lowest BCUT2D eigenvalue weighted by Crippen LogP contribution is -2.33. The third-order valence-electron chi connectivity index (χ3n) is 7.52. The molecule has 1 amide bonds. The van der Waals surface area contributed by atoms with Gasteiger partial charge in [0, 0.05) is 43.5 Å². The first-order valence-electron chi connectivity index (χ1n) is 11.9. The second-order valence-electron chi connectivity index (χ2n) is 9.50. The number of aromatic nitrogens is 2. The molecular formula is C25H33N5O2. The minimum Gasteiger partial charge on any atom is -0.381 e. The zero-order valence-corrected chi connectivity index (χ0v) is 18.7. The Morgan fingerprint density at radius 2 is 1.91 bits per heavy atom. The summed E-state index contributed by atoms with van der Waals surface area (Å²) in [6, 6.07) is 12.6. The fourth-order valence-corrected chi connectivity index (χ4v) is 5.77. The van der Waals surface area contributed by atoms with E-state index in [9.17, 15) is 4.79 Å². The molecule has 170 valence electrons. The van der Waals surface area contributed by atoms with Crippen molar-refractivity contribution in [3.05, 3.63) is 42.0 Å². The Kier molecular flexibility index (Phi) is 6.37. The van der Waals surface area contributed by atoms with Crippen LogP contribution in [0, 0.1) is 17.8 Å². The fraction of sp³-hybridized carbons (Fsp3) is 0.560. The topological polar surface area (TPSA) is 88.2 Å². The van der Waals surface area contributed by atoms with E-state index < -0.39 is 0 Å². The van der Waals surface area contributed by atoms with Gasteiger partial charge in [-0.15, -0.1) is 10.2 Å². The number of benzene rings is 1. The van der Waals surface area contributed by atoms with E-state index in [1.165, 1.54) is 32.1 Å². The SMILES string of the molecule is CNC(=O)c1ccc(-c2ccc(N[C@H]3C[C@@H]4CN[C@@H](CC5CCOCC5)[C@H]4C3)nn2)cc1. The van der Waals surface area contributed by atoms with E-state index in [4.69, 9.17) is 4.74 Å². The Morgan fingerprint density at radius 3 is 2.62 bits per heavy atom. The normalized spacial score (nSPS) is 27.8. The molecule has 1 saturated carbocycles. The third kappa shape index (κ3) is 4.64. The molecule has 0 unspecified atom stereocenters. The van der Waals surface area contributed by atoms with Crippen molar-refractivity contribution in [2.45, 2.75) is 44.2 Å². The molecule has 2 aromatic rings. The molecule has 3 aliphatic rings. The van der Waals surface area contributed by atoms with Crippen molar-refractivity contribution in [2.24, 2.45) is 17.8 Å². The van der Waals surface area contributed by atoms with Crippen molar-refractivity contribution < 1.29 is 9.53 Å². The van der Waals surface area contributed by atoms with Crippen LogP contribution in [0.1, 0.15) is 42.5 Å². The monoisotopic (exact) mass is 435 g/mol. The molecule has 1 aromatic carbocycles. The smallest absolute Gasteiger partial charge is 0.251 e. The lowest BCUT2D eigenvalue weighted by Gasteiger charge is -2.27. The molecule has 0 radical (unpaired) electrons. The van der Waals surface area contributed by atoms with Gasteiger partial charge in [-0.2, -0.15) is 0 Å². The molecule has 7 heteroatoms. The summed E-state index contributed by atoms with van der Waals surface area (Å²) >= 11 is 0. The van der Waals surface area contributed by atoms with Gasteiger partial charge in [0.05, 0.1) is 5.69 Å². The van der Waals surface area contributed by atoms with Crippen LogP contribution in [0.2, 0.25) is 0 Å². The maximum atomic E-state index is 11.7. The second-order valence-corrected chi connectivity index (χ2v) is 9.50. The first-order chi connectivity index (χ1) is 15.7. The summed E-state index contributed by atoms with van der Waals surface area (Å²) in [7, 11) is 1.63. The van der Waals surface area contributed by atoms with Crippen molar-refractivity contribution in [1.82, 2.24) is 20.8 Å². The van der Waals surface area contributed by atoms with Crippen LogP contribution in [0.5, 0.6) is 0 Å². The van der Waals surface area contributed by atoms with Crippen LogP contribution in [0.3, 0.4) is 0 Å². The van der Waals surface area contributed by atoms with Gasteiger partial charge in [-0.1, -0.05) is 12.1 Å². The molecule has 0 spiro atoms. The van der Waals surface area contributed by atoms with Crippen LogP contribution in [0.25, 0.3) is 11.3 Å². The number of fused-ring (bicyclic) bond motifs is 1. The van der Waals surface area contributed by atoms with Crippen molar-refractivity contribution in [3.63, 3.8) is 0 Å². The quantitative estimate of drug-likeness (QED) is 0.646. The summed E-state index contributed by atoms with van der Waals surface area (Å²) in [5.41, 5.74) is 2.40. The summed E-state index contributed by atoms with van der Waals surface area (Å²) in [5, 5.41) is 18.9. The maximum Gasteiger partial charge on any atom is 0.251 e. The fourth-order valence-electron chi connectivity index (χ4n) is 5.77. The highest BCUT2D eigenvalue weighted by Crippen LogP contribution is 2.41. The molecule has 5 rings (SSSR count).